The molecule has 0 saturated heterocycles. The molecule has 170 valence electrons. The summed E-state index contributed by atoms with van der Waals surface area (Å²) in [7, 11) is -4.20. The molecule has 2 aromatic rings. The van der Waals surface area contributed by atoms with E-state index < -0.39 is 35.9 Å². The van der Waals surface area contributed by atoms with Gasteiger partial charge in [-0.15, -0.1) is 14.9 Å². The summed E-state index contributed by atoms with van der Waals surface area (Å²) in [5.74, 6) is -3.90. The maximum atomic E-state index is 12.9. The number of aliphatic hydroxyl groups excluding tert-OH is 1. The van der Waals surface area contributed by atoms with Crippen LogP contribution in [0.5, 0.6) is 0 Å². The second kappa shape index (κ2) is 9.23. The molecule has 0 bridgehead atoms. The molecule has 31 heavy (non-hydrogen) atoms. The highest BCUT2D eigenvalue weighted by Gasteiger charge is 2.42. The summed E-state index contributed by atoms with van der Waals surface area (Å²) < 4.78 is 29.1. The average molecular weight is 478 g/mol. The van der Waals surface area contributed by atoms with E-state index in [9.17, 15) is 24.5 Å². The van der Waals surface area contributed by atoms with Crippen molar-refractivity contribution in [3.05, 3.63) is 15.8 Å². The van der Waals surface area contributed by atoms with Crippen molar-refractivity contribution in [3.63, 3.8) is 0 Å². The van der Waals surface area contributed by atoms with Crippen molar-refractivity contribution in [3.8, 4) is 0 Å². The van der Waals surface area contributed by atoms with E-state index in [2.05, 4.69) is 20.7 Å². The molecule has 17 heteroatoms. The topological polar surface area (TPSA) is 200 Å². The Balaban J connectivity index is 2.02. The van der Waals surface area contributed by atoms with Crippen LogP contribution < -0.4 is 10.9 Å². The van der Waals surface area contributed by atoms with E-state index in [0.717, 1.165) is 16.4 Å². The van der Waals surface area contributed by atoms with Gasteiger partial charge >= 0.3 is 19.1 Å². The lowest BCUT2D eigenvalue weighted by molar-refractivity contribution is -0.136. The standard InChI is InChI=1S/C14H19N6O9PS/c1-3-27-30(26,28-4-2)12(14(23)24)15-11-9-10(20(25)17-11)13(22)19(18-16-9)7-6-31-8(5-21)29-7/h6,8,12,21,25H,3-5H2,1-2H3,(H,15,17)(H,23,24). The van der Waals surface area contributed by atoms with Crippen molar-refractivity contribution in [1.29, 1.82) is 0 Å². The molecular formula is C14H19N6O9PS. The first-order valence-electron chi connectivity index (χ1n) is 8.85. The number of nitrogens with zero attached hydrogens (tertiary/aromatic N) is 5. The smallest absolute Gasteiger partial charge is 0.364 e. The molecule has 0 amide bonds. The molecule has 1 aliphatic rings. The van der Waals surface area contributed by atoms with Crippen LogP contribution in [0.4, 0.5) is 5.82 Å². The molecule has 2 aromatic heterocycles. The zero-order chi connectivity index (χ0) is 22.8. The van der Waals surface area contributed by atoms with Gasteiger partial charge in [-0.3, -0.25) is 9.36 Å². The highest BCUT2D eigenvalue weighted by Crippen LogP contribution is 2.53. The number of ether oxygens (including phenoxy) is 1. The number of carboxylic acid groups (broad SMARTS) is 1. The Morgan fingerprint density at radius 2 is 2.10 bits per heavy atom. The van der Waals surface area contributed by atoms with Crippen LogP contribution in [0, 0.1) is 0 Å². The zero-order valence-corrected chi connectivity index (χ0v) is 17.9. The first kappa shape index (κ1) is 23.0. The average Bonchev–Trinajstić information content (AvgIpc) is 3.31. The van der Waals surface area contributed by atoms with Crippen molar-refractivity contribution in [2.75, 3.05) is 25.1 Å². The summed E-state index contributed by atoms with van der Waals surface area (Å²) >= 11 is 1.11. The number of anilines is 1. The molecule has 3 heterocycles. The van der Waals surface area contributed by atoms with E-state index in [0.29, 0.717) is 0 Å². The maximum Gasteiger partial charge on any atom is 0.364 e. The minimum atomic E-state index is -4.20. The number of fused-ring (bicyclic) bond motifs is 1. The summed E-state index contributed by atoms with van der Waals surface area (Å²) in [6, 6.07) is 0. The lowest BCUT2D eigenvalue weighted by atomic mass is 10.4. The number of nitrogens with one attached hydrogen (secondary N) is 1. The number of carbonyl (C=O) groups is 1. The van der Waals surface area contributed by atoms with Crippen molar-refractivity contribution in [2.45, 2.75) is 25.1 Å². The van der Waals surface area contributed by atoms with Crippen molar-refractivity contribution in [2.24, 2.45) is 0 Å². The minimum absolute atomic E-state index is 0.0280. The number of hydrogen-bond donors (Lipinski definition) is 4. The predicted octanol–water partition coefficient (Wildman–Crippen LogP) is 0.152. The number of thioether (sulfide) groups is 1. The molecule has 2 atom stereocenters. The Morgan fingerprint density at radius 3 is 2.65 bits per heavy atom. The van der Waals surface area contributed by atoms with Gasteiger partial charge in [-0.1, -0.05) is 21.8 Å². The zero-order valence-electron chi connectivity index (χ0n) is 16.2. The number of aliphatic hydroxyl groups is 1. The van der Waals surface area contributed by atoms with Crippen LogP contribution in [0.2, 0.25) is 0 Å². The fourth-order valence-corrected chi connectivity index (χ4v) is 4.92. The number of aliphatic carboxylic acids is 1. The van der Waals surface area contributed by atoms with Gasteiger partial charge in [0.05, 0.1) is 19.8 Å². The molecule has 0 aliphatic carbocycles. The highest BCUT2D eigenvalue weighted by molar-refractivity contribution is 8.03. The van der Waals surface area contributed by atoms with Gasteiger partial charge in [-0.25, -0.2) is 4.79 Å². The molecule has 0 spiro atoms. The van der Waals surface area contributed by atoms with Crippen LogP contribution in [-0.4, -0.2) is 77.4 Å². The molecule has 0 fully saturated rings. The van der Waals surface area contributed by atoms with Gasteiger partial charge in [0.25, 0.3) is 0 Å². The Morgan fingerprint density at radius 1 is 1.42 bits per heavy atom. The lowest BCUT2D eigenvalue weighted by Gasteiger charge is -2.23. The van der Waals surface area contributed by atoms with E-state index in [1.807, 2.05) is 0 Å². The number of rotatable bonds is 10. The van der Waals surface area contributed by atoms with Crippen LogP contribution in [0.25, 0.3) is 16.9 Å². The molecule has 0 saturated carbocycles. The van der Waals surface area contributed by atoms with Gasteiger partial charge in [-0.05, 0) is 13.8 Å². The van der Waals surface area contributed by atoms with Crippen molar-refractivity contribution < 1.29 is 38.6 Å². The molecule has 1 aliphatic heterocycles. The highest BCUT2D eigenvalue weighted by atomic mass is 32.2. The molecule has 0 aromatic carbocycles. The Bertz CT molecular complexity index is 1110. The number of hydrogen-bond acceptors (Lipinski definition) is 13. The van der Waals surface area contributed by atoms with Gasteiger partial charge in [0.15, 0.2) is 22.3 Å². The van der Waals surface area contributed by atoms with E-state index in [1.165, 1.54) is 19.3 Å². The monoisotopic (exact) mass is 478 g/mol. The van der Waals surface area contributed by atoms with Crippen LogP contribution in [0.3, 0.4) is 0 Å². The number of carboxylic acids is 1. The summed E-state index contributed by atoms with van der Waals surface area (Å²) in [5.41, 5.74) is -2.26. The molecule has 3 rings (SSSR count). The second-order valence-electron chi connectivity index (χ2n) is 5.82. The SMILES string of the molecule is CCOP(=O)(OCC)C(Nc1nn(O)c2c(=O)n(C3=CSC(CO)O3)nnc12)C(=O)O. The molecule has 4 N–H and O–H groups in total. The Labute approximate surface area is 178 Å². The van der Waals surface area contributed by atoms with E-state index >= 15 is 0 Å². The molecule has 2 unspecified atom stereocenters. The van der Waals surface area contributed by atoms with E-state index in [4.69, 9.17) is 18.9 Å². The minimum Gasteiger partial charge on any atom is -0.479 e. The Kier molecular flexibility index (Phi) is 6.86. The third kappa shape index (κ3) is 4.38. The third-order valence-electron chi connectivity index (χ3n) is 3.84. The van der Waals surface area contributed by atoms with Gasteiger partial charge in [0, 0.05) is 5.41 Å². The first-order chi connectivity index (χ1) is 14.8. The summed E-state index contributed by atoms with van der Waals surface area (Å²) in [6.07, 6.45) is 0. The van der Waals surface area contributed by atoms with Gasteiger partial charge in [0.2, 0.25) is 11.7 Å². The van der Waals surface area contributed by atoms with Crippen molar-refractivity contribution in [1.82, 2.24) is 24.9 Å². The second-order valence-corrected chi connectivity index (χ2v) is 8.97. The lowest BCUT2D eigenvalue weighted by Crippen LogP contribution is -2.31. The number of aromatic nitrogens is 5. The summed E-state index contributed by atoms with van der Waals surface area (Å²) in [4.78, 5) is 24.7. The largest absolute Gasteiger partial charge is 0.479 e. The van der Waals surface area contributed by atoms with Gasteiger partial charge < -0.3 is 34.5 Å². The van der Waals surface area contributed by atoms with E-state index in [-0.39, 0.29) is 41.9 Å². The Hall–Kier alpha value is -2.65. The molecular weight excluding hydrogens is 459 g/mol. The third-order valence-corrected chi connectivity index (χ3v) is 6.95. The molecule has 0 radical (unpaired) electrons. The fourth-order valence-electron chi connectivity index (χ4n) is 2.61. The normalized spacial score (nSPS) is 17.4. The van der Waals surface area contributed by atoms with E-state index in [1.54, 1.807) is 0 Å². The predicted molar refractivity (Wildman–Crippen MR) is 106 cm³/mol. The molecule has 15 nitrogen and oxygen atoms in total. The van der Waals surface area contributed by atoms with Gasteiger partial charge in [-0.2, -0.15) is 0 Å². The first-order valence-corrected chi connectivity index (χ1v) is 11.4. The quantitative estimate of drug-likeness (QED) is 0.265. The van der Waals surface area contributed by atoms with Crippen LogP contribution in [-0.2, 0) is 23.1 Å². The van der Waals surface area contributed by atoms with Crippen molar-refractivity contribution >= 4 is 48.1 Å². The maximum absolute atomic E-state index is 12.9. The van der Waals surface area contributed by atoms with Gasteiger partial charge in [0.1, 0.15) is 0 Å². The van der Waals surface area contributed by atoms with Crippen LogP contribution in [0.15, 0.2) is 10.2 Å². The van der Waals surface area contributed by atoms with Crippen LogP contribution in [0.1, 0.15) is 13.8 Å². The fraction of sp³-hybridized carbons (Fsp3) is 0.500. The van der Waals surface area contributed by atoms with Crippen LogP contribution >= 0.6 is 19.4 Å². The summed E-state index contributed by atoms with van der Waals surface area (Å²) in [5, 5.41) is 43.7. The summed E-state index contributed by atoms with van der Waals surface area (Å²) in [6.45, 7) is 2.53.